The summed E-state index contributed by atoms with van der Waals surface area (Å²) < 4.78 is 6.22. The van der Waals surface area contributed by atoms with E-state index in [1.165, 1.54) is 0 Å². The van der Waals surface area contributed by atoms with E-state index in [-0.39, 0.29) is 0 Å². The molecule has 18 heavy (non-hydrogen) atoms. The van der Waals surface area contributed by atoms with E-state index >= 15 is 0 Å². The Morgan fingerprint density at radius 2 is 1.83 bits per heavy atom. The summed E-state index contributed by atoms with van der Waals surface area (Å²) in [6, 6.07) is 7.53. The van der Waals surface area contributed by atoms with E-state index in [4.69, 9.17) is 16.3 Å². The van der Waals surface area contributed by atoms with Crippen LogP contribution in [0.25, 0.3) is 0 Å². The average molecular weight is 329 g/mol. The lowest BCUT2D eigenvalue weighted by Gasteiger charge is -2.07. The third-order valence-electron chi connectivity index (χ3n) is 2.08. The minimum atomic E-state index is 0.479. The van der Waals surface area contributed by atoms with E-state index in [1.54, 1.807) is 12.4 Å². The number of aromatic nitrogens is 2. The van der Waals surface area contributed by atoms with Gasteiger partial charge in [-0.2, -0.15) is 0 Å². The van der Waals surface area contributed by atoms with Crippen LogP contribution in [0, 0.1) is 0 Å². The van der Waals surface area contributed by atoms with Gasteiger partial charge >= 0.3 is 0 Å². The van der Waals surface area contributed by atoms with Gasteiger partial charge in [-0.1, -0.05) is 0 Å². The summed E-state index contributed by atoms with van der Waals surface area (Å²) in [5.41, 5.74) is 0.899. The fourth-order valence-electron chi connectivity index (χ4n) is 1.30. The minimum absolute atomic E-state index is 0.479. The fourth-order valence-corrected chi connectivity index (χ4v) is 1.58. The van der Waals surface area contributed by atoms with Crippen LogP contribution < -0.4 is 10.1 Å². The third-order valence-corrected chi connectivity index (χ3v) is 2.64. The van der Waals surface area contributed by atoms with Gasteiger partial charge in [-0.15, -0.1) is 11.6 Å². The first kappa shape index (κ1) is 13.1. The molecule has 0 aliphatic carbocycles. The maximum Gasteiger partial charge on any atom is 0.227 e. The third kappa shape index (κ3) is 3.85. The monoisotopic (exact) mass is 327 g/mol. The molecule has 1 aromatic carbocycles. The first-order valence-electron chi connectivity index (χ1n) is 5.31. The molecule has 1 heterocycles. The maximum atomic E-state index is 5.55. The van der Waals surface area contributed by atoms with Crippen molar-refractivity contribution in [3.63, 3.8) is 0 Å². The second-order valence-corrected chi connectivity index (χ2v) is 4.71. The number of hydrogen-bond acceptors (Lipinski definition) is 4. The van der Waals surface area contributed by atoms with Crippen LogP contribution in [0.1, 0.15) is 0 Å². The Kier molecular flexibility index (Phi) is 4.78. The highest BCUT2D eigenvalue weighted by Crippen LogP contribution is 2.18. The van der Waals surface area contributed by atoms with Crippen LogP contribution in [-0.4, -0.2) is 22.5 Å². The summed E-state index contributed by atoms with van der Waals surface area (Å²) in [5.74, 6) is 1.82. The molecule has 0 bridgehead atoms. The fraction of sp³-hybridized carbons (Fsp3) is 0.167. The number of nitrogens with one attached hydrogen (secondary N) is 1. The lowest BCUT2D eigenvalue weighted by atomic mass is 10.3. The molecule has 0 atom stereocenters. The molecule has 2 rings (SSSR count). The van der Waals surface area contributed by atoms with Gasteiger partial charge in [0, 0.05) is 18.1 Å². The number of halogens is 2. The minimum Gasteiger partial charge on any atom is -0.492 e. The smallest absolute Gasteiger partial charge is 0.227 e. The van der Waals surface area contributed by atoms with Gasteiger partial charge in [-0.05, 0) is 40.2 Å². The number of ether oxygens (including phenoxy) is 1. The second-order valence-electron chi connectivity index (χ2n) is 3.41. The zero-order valence-electron chi connectivity index (χ0n) is 9.44. The molecule has 0 saturated heterocycles. The van der Waals surface area contributed by atoms with Crippen molar-refractivity contribution in [2.24, 2.45) is 0 Å². The van der Waals surface area contributed by atoms with Gasteiger partial charge in [0.1, 0.15) is 12.4 Å². The molecule has 1 aromatic heterocycles. The summed E-state index contributed by atoms with van der Waals surface area (Å²) >= 11 is 8.83. The second kappa shape index (κ2) is 6.56. The average Bonchev–Trinajstić information content (AvgIpc) is 2.41. The number of anilines is 2. The normalized spacial score (nSPS) is 10.1. The molecule has 0 aliphatic heterocycles. The Labute approximate surface area is 118 Å². The zero-order chi connectivity index (χ0) is 12.8. The Hall–Kier alpha value is -1.33. The van der Waals surface area contributed by atoms with Crippen LogP contribution in [0.5, 0.6) is 5.75 Å². The van der Waals surface area contributed by atoms with Crippen LogP contribution in [0.2, 0.25) is 0 Å². The highest BCUT2D eigenvalue weighted by Gasteiger charge is 1.98. The van der Waals surface area contributed by atoms with E-state index in [9.17, 15) is 0 Å². The SMILES string of the molecule is ClCCOc1ccc(Nc2ncc(Br)cn2)cc1. The van der Waals surface area contributed by atoms with Gasteiger partial charge in [-0.3, -0.25) is 0 Å². The van der Waals surface area contributed by atoms with E-state index in [0.717, 1.165) is 15.9 Å². The molecule has 4 nitrogen and oxygen atoms in total. The molecular formula is C12H11BrClN3O. The van der Waals surface area contributed by atoms with Crippen molar-refractivity contribution in [3.05, 3.63) is 41.1 Å². The van der Waals surface area contributed by atoms with Crippen LogP contribution in [0.3, 0.4) is 0 Å². The highest BCUT2D eigenvalue weighted by molar-refractivity contribution is 9.10. The number of hydrogen-bond donors (Lipinski definition) is 1. The molecular weight excluding hydrogens is 318 g/mol. The van der Waals surface area contributed by atoms with Gasteiger partial charge < -0.3 is 10.1 Å². The Morgan fingerprint density at radius 3 is 2.44 bits per heavy atom. The van der Waals surface area contributed by atoms with Crippen LogP contribution in [0.4, 0.5) is 11.6 Å². The lowest BCUT2D eigenvalue weighted by Crippen LogP contribution is -1.99. The Morgan fingerprint density at radius 1 is 1.17 bits per heavy atom. The molecule has 0 spiro atoms. The molecule has 1 N–H and O–H groups in total. The van der Waals surface area contributed by atoms with Crippen molar-refractivity contribution < 1.29 is 4.74 Å². The Balaban J connectivity index is 1.99. The van der Waals surface area contributed by atoms with Gasteiger partial charge in [0.15, 0.2) is 0 Å². The standard InChI is InChI=1S/C12H11BrClN3O/c13-9-7-15-12(16-8-9)17-10-1-3-11(4-2-10)18-6-5-14/h1-4,7-8H,5-6H2,(H,15,16,17). The topological polar surface area (TPSA) is 47.0 Å². The summed E-state index contributed by atoms with van der Waals surface area (Å²) in [6.45, 7) is 0.504. The zero-order valence-corrected chi connectivity index (χ0v) is 11.8. The van der Waals surface area contributed by atoms with Crippen molar-refractivity contribution >= 4 is 39.2 Å². The quantitative estimate of drug-likeness (QED) is 0.852. The largest absolute Gasteiger partial charge is 0.492 e. The predicted octanol–water partition coefficient (Wildman–Crippen LogP) is 3.60. The molecule has 0 saturated carbocycles. The van der Waals surface area contributed by atoms with Crippen molar-refractivity contribution in [2.45, 2.75) is 0 Å². The Bertz CT molecular complexity index is 490. The number of nitrogens with zero attached hydrogens (tertiary/aromatic N) is 2. The number of rotatable bonds is 5. The maximum absolute atomic E-state index is 5.55. The van der Waals surface area contributed by atoms with Gasteiger partial charge in [0.2, 0.25) is 5.95 Å². The molecule has 0 fully saturated rings. The molecule has 94 valence electrons. The van der Waals surface area contributed by atoms with Gasteiger partial charge in [0.05, 0.1) is 10.4 Å². The molecule has 0 aliphatic rings. The lowest BCUT2D eigenvalue weighted by molar-refractivity contribution is 0.343. The van der Waals surface area contributed by atoms with E-state index in [0.29, 0.717) is 18.4 Å². The summed E-state index contributed by atoms with van der Waals surface area (Å²) in [4.78, 5) is 8.26. The van der Waals surface area contributed by atoms with Crippen molar-refractivity contribution in [1.82, 2.24) is 9.97 Å². The van der Waals surface area contributed by atoms with Crippen molar-refractivity contribution in [3.8, 4) is 5.75 Å². The van der Waals surface area contributed by atoms with Crippen LogP contribution in [-0.2, 0) is 0 Å². The van der Waals surface area contributed by atoms with E-state index in [2.05, 4.69) is 31.2 Å². The van der Waals surface area contributed by atoms with E-state index in [1.807, 2.05) is 24.3 Å². The van der Waals surface area contributed by atoms with Crippen molar-refractivity contribution in [1.29, 1.82) is 0 Å². The van der Waals surface area contributed by atoms with Gasteiger partial charge in [-0.25, -0.2) is 9.97 Å². The molecule has 6 heteroatoms. The first-order valence-corrected chi connectivity index (χ1v) is 6.64. The number of benzene rings is 1. The summed E-state index contributed by atoms with van der Waals surface area (Å²) in [6.07, 6.45) is 3.38. The number of alkyl halides is 1. The summed E-state index contributed by atoms with van der Waals surface area (Å²) in [7, 11) is 0. The molecule has 0 unspecified atom stereocenters. The van der Waals surface area contributed by atoms with Crippen molar-refractivity contribution in [2.75, 3.05) is 17.8 Å². The van der Waals surface area contributed by atoms with Gasteiger partial charge in [0.25, 0.3) is 0 Å². The predicted molar refractivity (Wildman–Crippen MR) is 75.7 cm³/mol. The van der Waals surface area contributed by atoms with Crippen LogP contribution in [0.15, 0.2) is 41.1 Å². The summed E-state index contributed by atoms with van der Waals surface area (Å²) in [5, 5.41) is 3.09. The first-order chi connectivity index (χ1) is 8.78. The molecule has 2 aromatic rings. The van der Waals surface area contributed by atoms with E-state index < -0.39 is 0 Å². The molecule has 0 radical (unpaired) electrons. The molecule has 0 amide bonds. The highest BCUT2D eigenvalue weighted by atomic mass is 79.9. The van der Waals surface area contributed by atoms with Crippen LogP contribution >= 0.6 is 27.5 Å².